The lowest BCUT2D eigenvalue weighted by Gasteiger charge is -2.19. The predicted molar refractivity (Wildman–Crippen MR) is 74.6 cm³/mol. The normalized spacial score (nSPS) is 12.3. The third kappa shape index (κ3) is 3.54. The van der Waals surface area contributed by atoms with Gasteiger partial charge in [0.2, 0.25) is 0 Å². The molecule has 20 heavy (non-hydrogen) atoms. The van der Waals surface area contributed by atoms with Crippen LogP contribution >= 0.6 is 0 Å². The first-order chi connectivity index (χ1) is 9.60. The van der Waals surface area contributed by atoms with Gasteiger partial charge in [0.05, 0.1) is 0 Å². The topological polar surface area (TPSA) is 32.3 Å². The second kappa shape index (κ2) is 6.48. The third-order valence-electron chi connectivity index (χ3n) is 3.16. The van der Waals surface area contributed by atoms with Crippen molar-refractivity contribution < 1.29 is 13.9 Å². The van der Waals surface area contributed by atoms with Crippen LogP contribution in [0, 0.1) is 11.6 Å². The maximum absolute atomic E-state index is 13.9. The molecule has 0 fully saturated rings. The Kier molecular flexibility index (Phi) is 4.69. The minimum atomic E-state index is -0.578. The molecule has 0 saturated heterocycles. The van der Waals surface area contributed by atoms with Gasteiger partial charge in [0.15, 0.2) is 0 Å². The van der Waals surface area contributed by atoms with Crippen LogP contribution in [0.3, 0.4) is 0 Å². The van der Waals surface area contributed by atoms with Crippen molar-refractivity contribution in [3.05, 3.63) is 65.2 Å². The average molecular weight is 277 g/mol. The quantitative estimate of drug-likeness (QED) is 0.875. The first kappa shape index (κ1) is 14.5. The summed E-state index contributed by atoms with van der Waals surface area (Å²) in [7, 11) is 0. The summed E-state index contributed by atoms with van der Waals surface area (Å²) in [4.78, 5) is 0. The second-order valence-electron chi connectivity index (χ2n) is 4.65. The van der Waals surface area contributed by atoms with Gasteiger partial charge in [0.25, 0.3) is 0 Å². The fourth-order valence-corrected chi connectivity index (χ4v) is 2.19. The van der Waals surface area contributed by atoms with E-state index in [0.717, 1.165) is 11.6 Å². The molecule has 1 atom stereocenters. The molecule has 0 radical (unpaired) electrons. The van der Waals surface area contributed by atoms with Crippen LogP contribution < -0.4 is 5.32 Å². The highest BCUT2D eigenvalue weighted by molar-refractivity contribution is 5.29. The van der Waals surface area contributed by atoms with E-state index in [0.29, 0.717) is 18.5 Å². The van der Waals surface area contributed by atoms with E-state index in [2.05, 4.69) is 5.32 Å². The number of hydrogen-bond acceptors (Lipinski definition) is 2. The Morgan fingerprint density at radius 2 is 1.80 bits per heavy atom. The van der Waals surface area contributed by atoms with Crippen LogP contribution in [0.5, 0.6) is 5.75 Å². The van der Waals surface area contributed by atoms with Gasteiger partial charge in [-0.3, -0.25) is 0 Å². The first-order valence-electron chi connectivity index (χ1n) is 6.56. The molecule has 1 unspecified atom stereocenters. The summed E-state index contributed by atoms with van der Waals surface area (Å²) in [5, 5.41) is 12.5. The second-order valence-corrected chi connectivity index (χ2v) is 4.65. The van der Waals surface area contributed by atoms with Gasteiger partial charge in [-0.1, -0.05) is 25.1 Å². The number of likely N-dealkylation sites (N-methyl/N-ethyl adjacent to an activating group) is 1. The van der Waals surface area contributed by atoms with Gasteiger partial charge in [-0.05, 0) is 36.7 Å². The Labute approximate surface area is 117 Å². The van der Waals surface area contributed by atoms with Gasteiger partial charge in [-0.15, -0.1) is 0 Å². The molecule has 2 N–H and O–H groups in total. The number of phenols is 1. The van der Waals surface area contributed by atoms with Gasteiger partial charge >= 0.3 is 0 Å². The molecule has 2 aromatic rings. The van der Waals surface area contributed by atoms with Crippen LogP contribution in [0.4, 0.5) is 8.78 Å². The lowest BCUT2D eigenvalue weighted by molar-refractivity contribution is 0.474. The van der Waals surface area contributed by atoms with Crippen LogP contribution in [0.1, 0.15) is 24.1 Å². The Morgan fingerprint density at radius 3 is 2.40 bits per heavy atom. The number of nitrogens with one attached hydrogen (secondary N) is 1. The fraction of sp³-hybridized carbons (Fsp3) is 0.250. The summed E-state index contributed by atoms with van der Waals surface area (Å²) in [5.74, 6) is -0.928. The molecule has 0 saturated carbocycles. The van der Waals surface area contributed by atoms with Crippen LogP contribution in [0.2, 0.25) is 0 Å². The minimum Gasteiger partial charge on any atom is -0.508 e. The van der Waals surface area contributed by atoms with Crippen LogP contribution in [0.15, 0.2) is 42.5 Å². The smallest absolute Gasteiger partial charge is 0.130 e. The number of hydrogen-bond donors (Lipinski definition) is 2. The highest BCUT2D eigenvalue weighted by atomic mass is 19.1. The largest absolute Gasteiger partial charge is 0.508 e. The number of phenolic OH excluding ortho intramolecular Hbond substituents is 1. The van der Waals surface area contributed by atoms with E-state index in [1.165, 1.54) is 12.1 Å². The molecule has 0 aromatic heterocycles. The molecular formula is C16H17F2NO. The molecule has 0 aliphatic heterocycles. The molecule has 4 heteroatoms. The molecular weight excluding hydrogens is 260 g/mol. The number of aromatic hydroxyl groups is 1. The zero-order valence-electron chi connectivity index (χ0n) is 11.2. The van der Waals surface area contributed by atoms with Crippen molar-refractivity contribution in [2.45, 2.75) is 19.4 Å². The summed E-state index contributed by atoms with van der Waals surface area (Å²) in [6.07, 6.45) is 0.566. The van der Waals surface area contributed by atoms with Crippen molar-refractivity contribution in [1.82, 2.24) is 5.32 Å². The SMILES string of the molecule is CCNC(Cc1ccc(O)cc1)c1ccc(F)cc1F. The molecule has 2 rings (SSSR count). The highest BCUT2D eigenvalue weighted by Crippen LogP contribution is 2.23. The zero-order valence-corrected chi connectivity index (χ0v) is 11.2. The Hall–Kier alpha value is -1.94. The summed E-state index contributed by atoms with van der Waals surface area (Å²) < 4.78 is 26.9. The van der Waals surface area contributed by atoms with E-state index in [4.69, 9.17) is 0 Å². The molecule has 106 valence electrons. The van der Waals surface area contributed by atoms with Gasteiger partial charge < -0.3 is 10.4 Å². The van der Waals surface area contributed by atoms with Gasteiger partial charge in [0.1, 0.15) is 17.4 Å². The molecule has 2 nitrogen and oxygen atoms in total. The van der Waals surface area contributed by atoms with E-state index in [-0.39, 0.29) is 11.8 Å². The van der Waals surface area contributed by atoms with E-state index < -0.39 is 11.6 Å². The Balaban J connectivity index is 2.24. The maximum atomic E-state index is 13.9. The minimum absolute atomic E-state index is 0.196. The molecule has 0 bridgehead atoms. The lowest BCUT2D eigenvalue weighted by atomic mass is 9.98. The number of halogens is 2. The summed E-state index contributed by atoms with van der Waals surface area (Å²) in [6, 6.07) is 10.2. The monoisotopic (exact) mass is 277 g/mol. The van der Waals surface area contributed by atoms with Crippen LogP contribution in [-0.4, -0.2) is 11.7 Å². The van der Waals surface area contributed by atoms with Crippen LogP contribution in [0.25, 0.3) is 0 Å². The summed E-state index contributed by atoms with van der Waals surface area (Å²) in [5.41, 5.74) is 1.42. The lowest BCUT2D eigenvalue weighted by Crippen LogP contribution is -2.24. The first-order valence-corrected chi connectivity index (χ1v) is 6.56. The number of rotatable bonds is 5. The maximum Gasteiger partial charge on any atom is 0.130 e. The van der Waals surface area contributed by atoms with E-state index in [1.807, 2.05) is 6.92 Å². The molecule has 0 heterocycles. The van der Waals surface area contributed by atoms with E-state index in [9.17, 15) is 13.9 Å². The van der Waals surface area contributed by atoms with Gasteiger partial charge in [-0.25, -0.2) is 8.78 Å². The highest BCUT2D eigenvalue weighted by Gasteiger charge is 2.16. The molecule has 0 aliphatic carbocycles. The molecule has 0 aliphatic rings. The molecule has 2 aromatic carbocycles. The summed E-state index contributed by atoms with van der Waals surface area (Å²) in [6.45, 7) is 2.62. The van der Waals surface area contributed by atoms with Gasteiger partial charge in [-0.2, -0.15) is 0 Å². The zero-order chi connectivity index (χ0) is 14.5. The van der Waals surface area contributed by atoms with Crippen molar-refractivity contribution in [1.29, 1.82) is 0 Å². The van der Waals surface area contributed by atoms with E-state index >= 15 is 0 Å². The van der Waals surface area contributed by atoms with Crippen LogP contribution in [-0.2, 0) is 6.42 Å². The Bertz CT molecular complexity index is 569. The Morgan fingerprint density at radius 1 is 1.10 bits per heavy atom. The van der Waals surface area contributed by atoms with Crippen molar-refractivity contribution in [2.75, 3.05) is 6.54 Å². The number of benzene rings is 2. The predicted octanol–water partition coefficient (Wildman–Crippen LogP) is 3.56. The summed E-state index contributed by atoms with van der Waals surface area (Å²) >= 11 is 0. The molecule has 0 spiro atoms. The standard InChI is InChI=1S/C16H17F2NO/c1-2-19-16(9-11-3-6-13(20)7-4-11)14-8-5-12(17)10-15(14)18/h3-8,10,16,19-20H,2,9H2,1H3. The van der Waals surface area contributed by atoms with Crippen molar-refractivity contribution in [3.63, 3.8) is 0 Å². The van der Waals surface area contributed by atoms with Gasteiger partial charge in [0, 0.05) is 17.7 Å². The third-order valence-corrected chi connectivity index (χ3v) is 3.16. The average Bonchev–Trinajstić information content (AvgIpc) is 2.41. The van der Waals surface area contributed by atoms with E-state index in [1.54, 1.807) is 24.3 Å². The molecule has 0 amide bonds. The van der Waals surface area contributed by atoms with Crippen molar-refractivity contribution >= 4 is 0 Å². The van der Waals surface area contributed by atoms with Crippen molar-refractivity contribution in [3.8, 4) is 5.75 Å². The van der Waals surface area contributed by atoms with Crippen molar-refractivity contribution in [2.24, 2.45) is 0 Å². The fourth-order valence-electron chi connectivity index (χ4n) is 2.19.